The molecule has 2 fully saturated rings. The minimum Gasteiger partial charge on any atom is -0.461 e. The Labute approximate surface area is 227 Å². The molecule has 0 spiro atoms. The lowest BCUT2D eigenvalue weighted by molar-refractivity contribution is -0.162. The number of carbonyl (C=O) groups is 3. The predicted octanol–water partition coefficient (Wildman–Crippen LogP) is 1.35. The molecule has 2 atom stereocenters. The smallest absolute Gasteiger partial charge is 0.302 e. The van der Waals surface area contributed by atoms with Gasteiger partial charge in [-0.05, 0) is 11.1 Å². The number of piperazine rings is 1. The Bertz CT molecular complexity index is 1350. The van der Waals surface area contributed by atoms with Gasteiger partial charge < -0.3 is 14.4 Å². The first-order valence-electron chi connectivity index (χ1n) is 12.8. The molecule has 10 nitrogen and oxygen atoms in total. The average molecular weight is 554 g/mol. The van der Waals surface area contributed by atoms with Crippen LogP contribution in [0.3, 0.4) is 0 Å². The first-order chi connectivity index (χ1) is 18.7. The summed E-state index contributed by atoms with van der Waals surface area (Å²) in [7, 11) is -2.57. The zero-order valence-electron chi connectivity index (χ0n) is 21.9. The standard InChI is InChI=1S/C28H31N3O7S/c1-19(32)38-17-22-18-39(35,36)28-25(37-2)27(34)31(28)24(22)26(33)30-15-13-29(14-16-30)23(20-9-5-3-6-10-20)21-11-7-4-8-12-21/h3-12,23,25,28H,13-18H2,1-2H3/t25-,28+/m0/s1. The van der Waals surface area contributed by atoms with Crippen molar-refractivity contribution in [2.24, 2.45) is 0 Å². The molecule has 3 heterocycles. The van der Waals surface area contributed by atoms with Crippen molar-refractivity contribution < 1.29 is 32.3 Å². The maximum atomic E-state index is 13.8. The molecule has 0 aromatic heterocycles. The summed E-state index contributed by atoms with van der Waals surface area (Å²) in [6.07, 6.45) is -1.16. The molecule has 2 amide bonds. The minimum absolute atomic E-state index is 0.00650. The molecule has 0 N–H and O–H groups in total. The van der Waals surface area contributed by atoms with Crippen molar-refractivity contribution in [3.63, 3.8) is 0 Å². The Balaban J connectivity index is 1.40. The Morgan fingerprint density at radius 2 is 1.51 bits per heavy atom. The number of sulfone groups is 1. The quantitative estimate of drug-likeness (QED) is 0.373. The first-order valence-corrected chi connectivity index (χ1v) is 14.5. The van der Waals surface area contributed by atoms with Crippen LogP contribution < -0.4 is 0 Å². The molecule has 0 bridgehead atoms. The number of β-lactam (4-membered cyclic amide) rings is 1. The van der Waals surface area contributed by atoms with Crippen LogP contribution in [0, 0.1) is 0 Å². The number of fused-ring (bicyclic) bond motifs is 1. The van der Waals surface area contributed by atoms with Crippen LogP contribution in [0.5, 0.6) is 0 Å². The number of ether oxygens (including phenoxy) is 2. The highest BCUT2D eigenvalue weighted by atomic mass is 32.2. The number of esters is 1. The zero-order valence-corrected chi connectivity index (χ0v) is 22.7. The highest BCUT2D eigenvalue weighted by Crippen LogP contribution is 2.39. The van der Waals surface area contributed by atoms with Crippen molar-refractivity contribution in [3.8, 4) is 0 Å². The van der Waals surface area contributed by atoms with Crippen LogP contribution in [0.1, 0.15) is 24.1 Å². The summed E-state index contributed by atoms with van der Waals surface area (Å²) >= 11 is 0. The van der Waals surface area contributed by atoms with Gasteiger partial charge in [-0.2, -0.15) is 0 Å². The predicted molar refractivity (Wildman–Crippen MR) is 142 cm³/mol. The second-order valence-electron chi connectivity index (χ2n) is 9.85. The third kappa shape index (κ3) is 5.09. The van der Waals surface area contributed by atoms with Gasteiger partial charge in [0.15, 0.2) is 21.3 Å². The third-order valence-corrected chi connectivity index (χ3v) is 9.36. The highest BCUT2D eigenvalue weighted by Gasteiger charge is 2.60. The number of hydrogen-bond acceptors (Lipinski definition) is 8. The van der Waals surface area contributed by atoms with E-state index in [-0.39, 0.29) is 23.9 Å². The second kappa shape index (κ2) is 10.9. The molecule has 2 aromatic rings. The van der Waals surface area contributed by atoms with Gasteiger partial charge >= 0.3 is 5.97 Å². The molecule has 11 heteroatoms. The van der Waals surface area contributed by atoms with E-state index >= 15 is 0 Å². The maximum absolute atomic E-state index is 13.8. The van der Waals surface area contributed by atoms with E-state index in [2.05, 4.69) is 29.2 Å². The maximum Gasteiger partial charge on any atom is 0.302 e. The van der Waals surface area contributed by atoms with E-state index in [9.17, 15) is 22.8 Å². The SMILES string of the molecule is CO[C@H]1C(=O)N2C(C(=O)N3CCN(C(c4ccccc4)c4ccccc4)CC3)=C(COC(C)=O)CS(=O)(=O)[C@H]12. The fourth-order valence-corrected chi connectivity index (χ4v) is 7.59. The molecule has 0 saturated carbocycles. The fraction of sp³-hybridized carbons (Fsp3) is 0.393. The zero-order chi connectivity index (χ0) is 27.7. The van der Waals surface area contributed by atoms with E-state index in [4.69, 9.17) is 9.47 Å². The van der Waals surface area contributed by atoms with Crippen molar-refractivity contribution in [3.05, 3.63) is 83.1 Å². The van der Waals surface area contributed by atoms with E-state index in [1.807, 2.05) is 36.4 Å². The van der Waals surface area contributed by atoms with Gasteiger partial charge in [-0.1, -0.05) is 60.7 Å². The van der Waals surface area contributed by atoms with Crippen molar-refractivity contribution in [2.75, 3.05) is 45.6 Å². The lowest BCUT2D eigenvalue weighted by atomic mass is 9.96. The van der Waals surface area contributed by atoms with Crippen LogP contribution in [0.4, 0.5) is 0 Å². The Morgan fingerprint density at radius 3 is 2.03 bits per heavy atom. The van der Waals surface area contributed by atoms with Crippen LogP contribution in [-0.2, 0) is 33.7 Å². The highest BCUT2D eigenvalue weighted by molar-refractivity contribution is 7.92. The van der Waals surface area contributed by atoms with Crippen LogP contribution in [0.15, 0.2) is 71.9 Å². The molecule has 5 rings (SSSR count). The van der Waals surface area contributed by atoms with Gasteiger partial charge in [0.2, 0.25) is 0 Å². The molecule has 206 valence electrons. The van der Waals surface area contributed by atoms with Gasteiger partial charge in [0.05, 0.1) is 11.8 Å². The molecule has 2 saturated heterocycles. The first kappa shape index (κ1) is 27.0. The summed E-state index contributed by atoms with van der Waals surface area (Å²) in [4.78, 5) is 43.2. The fourth-order valence-electron chi connectivity index (χ4n) is 5.58. The van der Waals surface area contributed by atoms with Crippen LogP contribution in [-0.4, -0.2) is 98.0 Å². The van der Waals surface area contributed by atoms with Gasteiger partial charge in [-0.15, -0.1) is 0 Å². The van der Waals surface area contributed by atoms with Crippen LogP contribution in [0.2, 0.25) is 0 Å². The number of carbonyl (C=O) groups excluding carboxylic acids is 3. The van der Waals surface area contributed by atoms with Crippen molar-refractivity contribution in [1.29, 1.82) is 0 Å². The lowest BCUT2D eigenvalue weighted by Crippen LogP contribution is -2.71. The molecule has 0 radical (unpaired) electrons. The minimum atomic E-state index is -3.84. The summed E-state index contributed by atoms with van der Waals surface area (Å²) in [5.41, 5.74) is 2.37. The average Bonchev–Trinajstić information content (AvgIpc) is 2.93. The summed E-state index contributed by atoms with van der Waals surface area (Å²) in [5.74, 6) is -2.14. The van der Waals surface area contributed by atoms with Crippen LogP contribution in [0.25, 0.3) is 0 Å². The molecule has 39 heavy (non-hydrogen) atoms. The number of hydrogen-bond donors (Lipinski definition) is 0. The number of nitrogens with zero attached hydrogens (tertiary/aromatic N) is 3. The topological polar surface area (TPSA) is 114 Å². The van der Waals surface area contributed by atoms with E-state index in [0.29, 0.717) is 26.2 Å². The molecule has 3 aliphatic rings. The van der Waals surface area contributed by atoms with Gasteiger partial charge in [0, 0.05) is 45.8 Å². The number of amides is 2. The van der Waals surface area contributed by atoms with Crippen LogP contribution >= 0.6 is 0 Å². The molecule has 0 aliphatic carbocycles. The number of methoxy groups -OCH3 is 1. The summed E-state index contributed by atoms with van der Waals surface area (Å²) in [5, 5.41) is -1.27. The Hall–Kier alpha value is -3.54. The molecule has 2 aromatic carbocycles. The second-order valence-corrected chi connectivity index (χ2v) is 11.9. The van der Waals surface area contributed by atoms with E-state index < -0.39 is 44.9 Å². The molecule has 3 aliphatic heterocycles. The van der Waals surface area contributed by atoms with Gasteiger partial charge in [0.25, 0.3) is 11.8 Å². The summed E-state index contributed by atoms with van der Waals surface area (Å²) < 4.78 is 36.1. The van der Waals surface area contributed by atoms with Crippen molar-refractivity contribution in [1.82, 2.24) is 14.7 Å². The van der Waals surface area contributed by atoms with Crippen molar-refractivity contribution >= 4 is 27.6 Å². The lowest BCUT2D eigenvalue weighted by Gasteiger charge is -2.49. The van der Waals surface area contributed by atoms with Crippen molar-refractivity contribution in [2.45, 2.75) is 24.4 Å². The molecular weight excluding hydrogens is 522 g/mol. The number of rotatable bonds is 7. The third-order valence-electron chi connectivity index (χ3n) is 7.42. The normalized spacial score (nSPS) is 22.9. The monoisotopic (exact) mass is 553 g/mol. The Morgan fingerprint density at radius 1 is 0.949 bits per heavy atom. The van der Waals surface area contributed by atoms with E-state index in [1.54, 1.807) is 4.90 Å². The van der Waals surface area contributed by atoms with E-state index in [0.717, 1.165) is 16.0 Å². The molecule has 0 unspecified atom stereocenters. The Kier molecular flexibility index (Phi) is 7.57. The summed E-state index contributed by atoms with van der Waals surface area (Å²) in [6.45, 7) is 2.73. The summed E-state index contributed by atoms with van der Waals surface area (Å²) in [6, 6.07) is 20.3. The van der Waals surface area contributed by atoms with E-state index in [1.165, 1.54) is 14.0 Å². The number of benzene rings is 2. The van der Waals surface area contributed by atoms with Gasteiger partial charge in [-0.3, -0.25) is 24.2 Å². The largest absolute Gasteiger partial charge is 0.461 e. The van der Waals surface area contributed by atoms with Gasteiger partial charge in [0.1, 0.15) is 12.3 Å². The van der Waals surface area contributed by atoms with Gasteiger partial charge in [-0.25, -0.2) is 8.42 Å². The molecular formula is C28H31N3O7S.